The van der Waals surface area contributed by atoms with Gasteiger partial charge in [0.25, 0.3) is 5.91 Å². The van der Waals surface area contributed by atoms with Crippen molar-refractivity contribution in [2.45, 2.75) is 44.6 Å². The third-order valence-electron chi connectivity index (χ3n) is 4.41. The maximum atomic E-state index is 12.7. The second-order valence-corrected chi connectivity index (χ2v) is 6.10. The first-order chi connectivity index (χ1) is 10.7. The number of nitrogens with zero attached hydrogens (tertiary/aromatic N) is 5. The van der Waals surface area contributed by atoms with Crippen LogP contribution in [0.4, 0.5) is 0 Å². The fourth-order valence-corrected chi connectivity index (χ4v) is 3.23. The van der Waals surface area contributed by atoms with E-state index in [0.29, 0.717) is 18.4 Å². The SMILES string of the molecule is C[C@@H](CN(C)C(=O)c1cccn1C1CCCC1)c1nn[nH]n1. The van der Waals surface area contributed by atoms with Gasteiger partial charge in [0, 0.05) is 31.7 Å². The predicted octanol–water partition coefficient (Wildman–Crippen LogP) is 1.99. The Bertz CT molecular complexity index is 614. The van der Waals surface area contributed by atoms with Gasteiger partial charge in [0.05, 0.1) is 0 Å². The number of tetrazole rings is 1. The second kappa shape index (κ2) is 6.29. The number of aromatic amines is 1. The molecule has 1 fully saturated rings. The summed E-state index contributed by atoms with van der Waals surface area (Å²) in [5.74, 6) is 0.723. The van der Waals surface area contributed by atoms with Crippen LogP contribution in [0.5, 0.6) is 0 Å². The Balaban J connectivity index is 1.69. The highest BCUT2D eigenvalue weighted by Gasteiger charge is 2.24. The van der Waals surface area contributed by atoms with E-state index in [1.54, 1.807) is 4.90 Å². The van der Waals surface area contributed by atoms with Crippen molar-refractivity contribution in [2.75, 3.05) is 13.6 Å². The first-order valence-electron chi connectivity index (χ1n) is 7.82. The van der Waals surface area contributed by atoms with Crippen molar-refractivity contribution in [3.05, 3.63) is 29.8 Å². The number of H-pyrrole nitrogens is 1. The summed E-state index contributed by atoms with van der Waals surface area (Å²) in [6.07, 6.45) is 6.86. The van der Waals surface area contributed by atoms with Crippen LogP contribution in [0.1, 0.15) is 60.9 Å². The topological polar surface area (TPSA) is 79.7 Å². The monoisotopic (exact) mass is 302 g/mol. The standard InChI is InChI=1S/C15H22N6O/c1-11(14-16-18-19-17-14)10-20(2)15(22)13-8-5-9-21(13)12-6-3-4-7-12/h5,8-9,11-12H,3-4,6-7,10H2,1-2H3,(H,16,17,18,19)/t11-/m0/s1. The van der Waals surface area contributed by atoms with Crippen molar-refractivity contribution < 1.29 is 4.79 Å². The molecule has 0 radical (unpaired) electrons. The van der Waals surface area contributed by atoms with Gasteiger partial charge in [-0.2, -0.15) is 5.21 Å². The molecule has 2 heterocycles. The quantitative estimate of drug-likeness (QED) is 0.916. The third kappa shape index (κ3) is 2.88. The summed E-state index contributed by atoms with van der Waals surface area (Å²) in [5, 5.41) is 14.0. The lowest BCUT2D eigenvalue weighted by atomic mass is 10.1. The molecule has 1 N–H and O–H groups in total. The number of nitrogens with one attached hydrogen (secondary N) is 1. The van der Waals surface area contributed by atoms with Crippen LogP contribution >= 0.6 is 0 Å². The minimum absolute atomic E-state index is 0.0441. The smallest absolute Gasteiger partial charge is 0.270 e. The summed E-state index contributed by atoms with van der Waals surface area (Å²) in [5.41, 5.74) is 0.773. The van der Waals surface area contributed by atoms with Crippen molar-refractivity contribution in [3.8, 4) is 0 Å². The number of hydrogen-bond donors (Lipinski definition) is 1. The summed E-state index contributed by atoms with van der Waals surface area (Å²) >= 11 is 0. The van der Waals surface area contributed by atoms with Crippen LogP contribution in [0.3, 0.4) is 0 Å². The number of amides is 1. The largest absolute Gasteiger partial charge is 0.340 e. The molecular weight excluding hydrogens is 280 g/mol. The van der Waals surface area contributed by atoms with Gasteiger partial charge in [-0.1, -0.05) is 25.0 Å². The van der Waals surface area contributed by atoms with Crippen LogP contribution in [0.25, 0.3) is 0 Å². The Morgan fingerprint density at radius 1 is 1.50 bits per heavy atom. The maximum Gasteiger partial charge on any atom is 0.270 e. The van der Waals surface area contributed by atoms with Crippen LogP contribution in [0.2, 0.25) is 0 Å². The van der Waals surface area contributed by atoms with Crippen molar-refractivity contribution >= 4 is 5.91 Å². The van der Waals surface area contributed by atoms with E-state index < -0.39 is 0 Å². The Morgan fingerprint density at radius 3 is 2.95 bits per heavy atom. The average Bonchev–Trinajstić information content (AvgIpc) is 3.26. The van der Waals surface area contributed by atoms with Crippen molar-refractivity contribution in [1.29, 1.82) is 0 Å². The molecule has 0 unspecified atom stereocenters. The summed E-state index contributed by atoms with van der Waals surface area (Å²) < 4.78 is 2.14. The van der Waals surface area contributed by atoms with Gasteiger partial charge in [0.1, 0.15) is 5.69 Å². The Morgan fingerprint density at radius 2 is 2.27 bits per heavy atom. The van der Waals surface area contributed by atoms with Gasteiger partial charge < -0.3 is 9.47 Å². The number of aromatic nitrogens is 5. The number of carbonyl (C=O) groups is 1. The molecule has 2 aromatic rings. The van der Waals surface area contributed by atoms with E-state index >= 15 is 0 Å². The molecule has 0 aliphatic heterocycles. The van der Waals surface area contributed by atoms with E-state index in [2.05, 4.69) is 25.2 Å². The Hall–Kier alpha value is -2.18. The van der Waals surface area contributed by atoms with Crippen LogP contribution < -0.4 is 0 Å². The Labute approximate surface area is 129 Å². The first kappa shape index (κ1) is 14.7. The maximum absolute atomic E-state index is 12.7. The molecule has 2 aromatic heterocycles. The zero-order valence-electron chi connectivity index (χ0n) is 13.1. The molecule has 118 valence electrons. The minimum atomic E-state index is 0.0441. The fourth-order valence-electron chi connectivity index (χ4n) is 3.23. The van der Waals surface area contributed by atoms with E-state index in [9.17, 15) is 4.79 Å². The molecule has 1 aliphatic carbocycles. The van der Waals surface area contributed by atoms with Crippen LogP contribution in [0, 0.1) is 0 Å². The molecule has 7 heteroatoms. The van der Waals surface area contributed by atoms with Crippen LogP contribution in [-0.2, 0) is 0 Å². The lowest BCUT2D eigenvalue weighted by molar-refractivity contribution is 0.0774. The molecular formula is C15H22N6O. The fraction of sp³-hybridized carbons (Fsp3) is 0.600. The number of rotatable bonds is 5. The van der Waals surface area contributed by atoms with E-state index in [-0.39, 0.29) is 11.8 Å². The van der Waals surface area contributed by atoms with Crippen molar-refractivity contribution in [2.24, 2.45) is 0 Å². The van der Waals surface area contributed by atoms with Crippen molar-refractivity contribution in [1.82, 2.24) is 30.1 Å². The summed E-state index contributed by atoms with van der Waals surface area (Å²) in [4.78, 5) is 14.5. The molecule has 22 heavy (non-hydrogen) atoms. The lowest BCUT2D eigenvalue weighted by Crippen LogP contribution is -2.32. The molecule has 0 bridgehead atoms. The minimum Gasteiger partial charge on any atom is -0.340 e. The highest BCUT2D eigenvalue weighted by Crippen LogP contribution is 2.31. The van der Waals surface area contributed by atoms with Gasteiger partial charge in [0.2, 0.25) is 0 Å². The first-order valence-corrected chi connectivity index (χ1v) is 7.82. The summed E-state index contributed by atoms with van der Waals surface area (Å²) in [6.45, 7) is 2.55. The van der Waals surface area contributed by atoms with E-state index in [4.69, 9.17) is 0 Å². The zero-order chi connectivity index (χ0) is 15.5. The summed E-state index contributed by atoms with van der Waals surface area (Å²) in [6, 6.07) is 4.34. The second-order valence-electron chi connectivity index (χ2n) is 6.10. The molecule has 1 atom stereocenters. The van der Waals surface area contributed by atoms with Gasteiger partial charge in [-0.3, -0.25) is 4.79 Å². The van der Waals surface area contributed by atoms with E-state index in [1.807, 2.05) is 32.3 Å². The third-order valence-corrected chi connectivity index (χ3v) is 4.41. The number of carbonyl (C=O) groups excluding carboxylic acids is 1. The molecule has 7 nitrogen and oxygen atoms in total. The van der Waals surface area contributed by atoms with Gasteiger partial charge in [0.15, 0.2) is 5.82 Å². The van der Waals surface area contributed by atoms with Crippen LogP contribution in [0.15, 0.2) is 18.3 Å². The highest BCUT2D eigenvalue weighted by atomic mass is 16.2. The molecule has 1 aliphatic rings. The molecule has 3 rings (SSSR count). The highest BCUT2D eigenvalue weighted by molar-refractivity contribution is 5.92. The molecule has 0 aromatic carbocycles. The predicted molar refractivity (Wildman–Crippen MR) is 81.5 cm³/mol. The normalized spacial score (nSPS) is 16.8. The number of likely N-dealkylation sites (N-methyl/N-ethyl adjacent to an activating group) is 1. The van der Waals surface area contributed by atoms with Gasteiger partial charge in [-0.25, -0.2) is 0 Å². The number of hydrogen-bond acceptors (Lipinski definition) is 4. The van der Waals surface area contributed by atoms with Gasteiger partial charge in [-0.15, -0.1) is 10.2 Å². The molecule has 0 saturated heterocycles. The lowest BCUT2D eigenvalue weighted by Gasteiger charge is -2.22. The van der Waals surface area contributed by atoms with Crippen LogP contribution in [-0.4, -0.2) is 49.6 Å². The average molecular weight is 302 g/mol. The summed E-state index contributed by atoms with van der Waals surface area (Å²) in [7, 11) is 1.82. The Kier molecular flexibility index (Phi) is 4.22. The molecule has 1 amide bonds. The van der Waals surface area contributed by atoms with Gasteiger partial charge >= 0.3 is 0 Å². The molecule has 1 saturated carbocycles. The van der Waals surface area contributed by atoms with Crippen molar-refractivity contribution in [3.63, 3.8) is 0 Å². The molecule has 0 spiro atoms. The van der Waals surface area contributed by atoms with E-state index in [1.165, 1.54) is 12.8 Å². The van der Waals surface area contributed by atoms with E-state index in [0.717, 1.165) is 18.5 Å². The van der Waals surface area contributed by atoms with Gasteiger partial charge in [-0.05, 0) is 25.0 Å². The zero-order valence-corrected chi connectivity index (χ0v) is 13.1.